The number of ether oxygens (including phenoxy) is 1. The zero-order valence-corrected chi connectivity index (χ0v) is 16.4. The van der Waals surface area contributed by atoms with E-state index < -0.39 is 18.0 Å². The molecule has 0 aliphatic rings. The van der Waals surface area contributed by atoms with Crippen LogP contribution < -0.4 is 5.32 Å². The van der Waals surface area contributed by atoms with Crippen molar-refractivity contribution in [1.29, 1.82) is 0 Å². The molecule has 1 amide bonds. The number of carbonyl (C=O) groups is 3. The number of anilines is 1. The highest BCUT2D eigenvalue weighted by Crippen LogP contribution is 2.21. The summed E-state index contributed by atoms with van der Waals surface area (Å²) in [6, 6.07) is 8.75. The molecule has 0 aliphatic carbocycles. The molecule has 0 saturated heterocycles. The maximum absolute atomic E-state index is 12.2. The van der Waals surface area contributed by atoms with Crippen LogP contribution in [0.5, 0.6) is 0 Å². The van der Waals surface area contributed by atoms with Gasteiger partial charge in [-0.1, -0.05) is 17.7 Å². The molecule has 138 valence electrons. The van der Waals surface area contributed by atoms with Crippen LogP contribution in [0.1, 0.15) is 39.9 Å². The van der Waals surface area contributed by atoms with Gasteiger partial charge in [0.25, 0.3) is 5.91 Å². The Hall–Kier alpha value is -2.18. The SMILES string of the molecule is Cc1ccc(C(=O)CCC(=O)O[C@@H](C)C(=O)Nc2cc(Cl)ccc2C)s1. The van der Waals surface area contributed by atoms with E-state index in [1.54, 1.807) is 24.3 Å². The third kappa shape index (κ3) is 5.68. The molecule has 5 nitrogen and oxygen atoms in total. The van der Waals surface area contributed by atoms with E-state index in [1.807, 2.05) is 19.9 Å². The van der Waals surface area contributed by atoms with Crippen LogP contribution in [0.25, 0.3) is 0 Å². The lowest BCUT2D eigenvalue weighted by atomic mass is 10.2. The van der Waals surface area contributed by atoms with E-state index in [1.165, 1.54) is 18.3 Å². The Morgan fingerprint density at radius 3 is 2.54 bits per heavy atom. The number of hydrogen-bond donors (Lipinski definition) is 1. The fourth-order valence-corrected chi connectivity index (χ4v) is 3.20. The van der Waals surface area contributed by atoms with Gasteiger partial charge in [-0.2, -0.15) is 0 Å². The van der Waals surface area contributed by atoms with E-state index >= 15 is 0 Å². The molecule has 0 spiro atoms. The van der Waals surface area contributed by atoms with Crippen LogP contribution in [0, 0.1) is 13.8 Å². The van der Waals surface area contributed by atoms with E-state index in [-0.39, 0.29) is 18.6 Å². The first-order valence-corrected chi connectivity index (χ1v) is 9.32. The summed E-state index contributed by atoms with van der Waals surface area (Å²) >= 11 is 7.31. The van der Waals surface area contributed by atoms with Crippen molar-refractivity contribution < 1.29 is 19.1 Å². The molecule has 1 N–H and O–H groups in total. The largest absolute Gasteiger partial charge is 0.453 e. The van der Waals surface area contributed by atoms with E-state index in [2.05, 4.69) is 5.32 Å². The predicted molar refractivity (Wildman–Crippen MR) is 103 cm³/mol. The molecule has 2 rings (SSSR count). The van der Waals surface area contributed by atoms with Gasteiger partial charge in [0.15, 0.2) is 11.9 Å². The van der Waals surface area contributed by atoms with Crippen LogP contribution in [0.4, 0.5) is 5.69 Å². The van der Waals surface area contributed by atoms with Gasteiger partial charge in [-0.05, 0) is 50.6 Å². The van der Waals surface area contributed by atoms with Crippen molar-refractivity contribution in [3.05, 3.63) is 50.7 Å². The number of Topliss-reactive ketones (excluding diaryl/α,β-unsaturated/α-hetero) is 1. The maximum Gasteiger partial charge on any atom is 0.307 e. The number of ketones is 1. The number of benzene rings is 1. The van der Waals surface area contributed by atoms with E-state index in [0.717, 1.165) is 10.4 Å². The molecule has 1 aromatic carbocycles. The summed E-state index contributed by atoms with van der Waals surface area (Å²) in [7, 11) is 0. The average Bonchev–Trinajstić information content (AvgIpc) is 3.02. The molecule has 0 aliphatic heterocycles. The van der Waals surface area contributed by atoms with Gasteiger partial charge in [-0.15, -0.1) is 11.3 Å². The maximum atomic E-state index is 12.2. The third-order valence-electron chi connectivity index (χ3n) is 3.71. The summed E-state index contributed by atoms with van der Waals surface area (Å²) in [4.78, 5) is 37.7. The second kappa shape index (κ2) is 8.96. The van der Waals surface area contributed by atoms with Gasteiger partial charge in [0.1, 0.15) is 0 Å². The van der Waals surface area contributed by atoms with Crippen LogP contribution in [-0.4, -0.2) is 23.8 Å². The van der Waals surface area contributed by atoms with Crippen molar-refractivity contribution in [3.63, 3.8) is 0 Å². The van der Waals surface area contributed by atoms with Crippen molar-refractivity contribution in [2.24, 2.45) is 0 Å². The molecule has 1 heterocycles. The molecule has 0 bridgehead atoms. The van der Waals surface area contributed by atoms with Crippen molar-refractivity contribution in [1.82, 2.24) is 0 Å². The Balaban J connectivity index is 1.83. The second-order valence-electron chi connectivity index (χ2n) is 5.91. The normalized spacial score (nSPS) is 11.7. The predicted octanol–water partition coefficient (Wildman–Crippen LogP) is 4.55. The number of amides is 1. The van der Waals surface area contributed by atoms with Gasteiger partial charge in [0.05, 0.1) is 11.3 Å². The molecular weight excluding hydrogens is 374 g/mol. The third-order valence-corrected chi connectivity index (χ3v) is 4.98. The molecule has 0 radical (unpaired) electrons. The van der Waals surface area contributed by atoms with E-state index in [4.69, 9.17) is 16.3 Å². The molecular formula is C19H20ClNO4S. The first kappa shape index (κ1) is 20.1. The molecule has 26 heavy (non-hydrogen) atoms. The van der Waals surface area contributed by atoms with Gasteiger partial charge < -0.3 is 10.1 Å². The van der Waals surface area contributed by atoms with Gasteiger partial charge in [0.2, 0.25) is 0 Å². The number of carbonyl (C=O) groups excluding carboxylic acids is 3. The van der Waals surface area contributed by atoms with Crippen molar-refractivity contribution in [3.8, 4) is 0 Å². The lowest BCUT2D eigenvalue weighted by molar-refractivity contribution is -0.153. The molecule has 1 aromatic heterocycles. The van der Waals surface area contributed by atoms with Gasteiger partial charge in [-0.25, -0.2) is 0 Å². The molecule has 1 atom stereocenters. The molecule has 0 unspecified atom stereocenters. The number of halogens is 1. The number of nitrogens with one attached hydrogen (secondary N) is 1. The lowest BCUT2D eigenvalue weighted by Gasteiger charge is -2.14. The van der Waals surface area contributed by atoms with Crippen LogP contribution in [-0.2, 0) is 14.3 Å². The van der Waals surface area contributed by atoms with Crippen molar-refractivity contribution in [2.75, 3.05) is 5.32 Å². The average molecular weight is 394 g/mol. The molecule has 0 saturated carbocycles. The number of thiophene rings is 1. The number of aryl methyl sites for hydroxylation is 2. The summed E-state index contributed by atoms with van der Waals surface area (Å²) < 4.78 is 5.11. The fraction of sp³-hybridized carbons (Fsp3) is 0.316. The Kier molecular flexibility index (Phi) is 6.94. The summed E-state index contributed by atoms with van der Waals surface area (Å²) in [6.07, 6.45) is -0.982. The quantitative estimate of drug-likeness (QED) is 0.553. The Labute approximate surface area is 161 Å². The smallest absolute Gasteiger partial charge is 0.307 e. The highest BCUT2D eigenvalue weighted by atomic mass is 35.5. The summed E-state index contributed by atoms with van der Waals surface area (Å²) in [6.45, 7) is 5.23. The first-order chi connectivity index (χ1) is 12.3. The topological polar surface area (TPSA) is 72.5 Å². The molecule has 7 heteroatoms. The van der Waals surface area contributed by atoms with Gasteiger partial charge in [0, 0.05) is 22.0 Å². The minimum atomic E-state index is -0.972. The Morgan fingerprint density at radius 1 is 1.15 bits per heavy atom. The summed E-state index contributed by atoms with van der Waals surface area (Å²) in [5.74, 6) is -1.15. The van der Waals surface area contributed by atoms with E-state index in [9.17, 15) is 14.4 Å². The van der Waals surface area contributed by atoms with Crippen LogP contribution in [0.15, 0.2) is 30.3 Å². The highest BCUT2D eigenvalue weighted by molar-refractivity contribution is 7.14. The Bertz CT molecular complexity index is 831. The minimum Gasteiger partial charge on any atom is -0.453 e. The van der Waals surface area contributed by atoms with Crippen molar-refractivity contribution in [2.45, 2.75) is 39.7 Å². The second-order valence-corrected chi connectivity index (χ2v) is 7.64. The minimum absolute atomic E-state index is 0.0561. The monoisotopic (exact) mass is 393 g/mol. The number of hydrogen-bond acceptors (Lipinski definition) is 5. The highest BCUT2D eigenvalue weighted by Gasteiger charge is 2.20. The zero-order valence-electron chi connectivity index (χ0n) is 14.8. The van der Waals surface area contributed by atoms with Gasteiger partial charge in [-0.3, -0.25) is 14.4 Å². The first-order valence-electron chi connectivity index (χ1n) is 8.12. The number of esters is 1. The lowest BCUT2D eigenvalue weighted by Crippen LogP contribution is -2.30. The molecule has 2 aromatic rings. The summed E-state index contributed by atoms with van der Waals surface area (Å²) in [5.41, 5.74) is 1.41. The zero-order chi connectivity index (χ0) is 19.3. The Morgan fingerprint density at radius 2 is 1.88 bits per heavy atom. The van der Waals surface area contributed by atoms with Crippen LogP contribution in [0.3, 0.4) is 0 Å². The summed E-state index contributed by atoms with van der Waals surface area (Å²) in [5, 5.41) is 3.18. The number of rotatable bonds is 7. The molecule has 0 fully saturated rings. The fourth-order valence-electron chi connectivity index (χ4n) is 2.20. The standard InChI is InChI=1S/C19H20ClNO4S/c1-11-4-6-14(20)10-15(11)21-19(24)13(3)25-18(23)9-7-16(22)17-8-5-12(2)26-17/h4-6,8,10,13H,7,9H2,1-3H3,(H,21,24)/t13-/m0/s1. The van der Waals surface area contributed by atoms with Crippen LogP contribution >= 0.6 is 22.9 Å². The van der Waals surface area contributed by atoms with Crippen LogP contribution in [0.2, 0.25) is 5.02 Å². The van der Waals surface area contributed by atoms with Crippen molar-refractivity contribution >= 4 is 46.3 Å². The van der Waals surface area contributed by atoms with E-state index in [0.29, 0.717) is 15.6 Å². The van der Waals surface area contributed by atoms with Gasteiger partial charge >= 0.3 is 5.97 Å².